The summed E-state index contributed by atoms with van der Waals surface area (Å²) in [5, 5.41) is 3.09. The van der Waals surface area contributed by atoms with E-state index in [0.717, 1.165) is 39.3 Å². The van der Waals surface area contributed by atoms with Gasteiger partial charge in [-0.3, -0.25) is 4.79 Å². The number of aryl methyl sites for hydroxylation is 2. The molecule has 0 aliphatic carbocycles. The fraction of sp³-hybridized carbons (Fsp3) is 0.458. The first-order chi connectivity index (χ1) is 13.1. The minimum atomic E-state index is -0.578. The van der Waals surface area contributed by atoms with Crippen molar-refractivity contribution in [3.05, 3.63) is 58.1 Å². The topological polar surface area (TPSA) is 47.6 Å². The largest absolute Gasteiger partial charge is 0.496 e. The molecule has 0 saturated heterocycles. The van der Waals surface area contributed by atoms with Crippen LogP contribution in [0.2, 0.25) is 0 Å². The third-order valence-electron chi connectivity index (χ3n) is 5.29. The molecule has 1 amide bonds. The second-order valence-corrected chi connectivity index (χ2v) is 7.79. The van der Waals surface area contributed by atoms with Crippen molar-refractivity contribution in [2.75, 3.05) is 7.11 Å². The van der Waals surface area contributed by atoms with E-state index >= 15 is 0 Å². The van der Waals surface area contributed by atoms with Crippen molar-refractivity contribution >= 4 is 5.91 Å². The van der Waals surface area contributed by atoms with E-state index in [1.54, 1.807) is 14.0 Å². The second-order valence-electron chi connectivity index (χ2n) is 7.79. The van der Waals surface area contributed by atoms with E-state index in [2.05, 4.69) is 25.2 Å². The smallest absolute Gasteiger partial charge is 0.261 e. The number of carbonyl (C=O) groups excluding carboxylic acids is 1. The van der Waals surface area contributed by atoms with E-state index in [1.807, 2.05) is 52.0 Å². The summed E-state index contributed by atoms with van der Waals surface area (Å²) < 4.78 is 11.4. The maximum absolute atomic E-state index is 12.7. The Hall–Kier alpha value is -2.49. The Morgan fingerprint density at radius 3 is 2.21 bits per heavy atom. The minimum absolute atomic E-state index is 0.124. The third-order valence-corrected chi connectivity index (χ3v) is 5.29. The molecule has 0 bridgehead atoms. The number of hydrogen-bond donors (Lipinski definition) is 1. The Kier molecular flexibility index (Phi) is 7.11. The highest BCUT2D eigenvalue weighted by molar-refractivity contribution is 5.81. The van der Waals surface area contributed by atoms with Gasteiger partial charge in [0.05, 0.1) is 13.2 Å². The number of benzene rings is 2. The Labute approximate surface area is 169 Å². The summed E-state index contributed by atoms with van der Waals surface area (Å²) in [4.78, 5) is 12.7. The van der Waals surface area contributed by atoms with Gasteiger partial charge in [0.1, 0.15) is 11.5 Å². The molecule has 0 unspecified atom stereocenters. The van der Waals surface area contributed by atoms with Crippen molar-refractivity contribution in [2.45, 2.75) is 66.5 Å². The van der Waals surface area contributed by atoms with Crippen LogP contribution >= 0.6 is 0 Å². The fourth-order valence-electron chi connectivity index (χ4n) is 3.31. The molecule has 0 fully saturated rings. The van der Waals surface area contributed by atoms with Crippen LogP contribution in [0.3, 0.4) is 0 Å². The summed E-state index contributed by atoms with van der Waals surface area (Å²) in [5.41, 5.74) is 5.54. The van der Waals surface area contributed by atoms with Crippen LogP contribution in [0.1, 0.15) is 67.5 Å². The highest BCUT2D eigenvalue weighted by Crippen LogP contribution is 2.32. The van der Waals surface area contributed by atoms with Crippen LogP contribution in [-0.4, -0.2) is 19.1 Å². The average Bonchev–Trinajstić information content (AvgIpc) is 2.64. The zero-order chi connectivity index (χ0) is 21.0. The lowest BCUT2D eigenvalue weighted by molar-refractivity contribution is -0.127. The van der Waals surface area contributed by atoms with Gasteiger partial charge in [0.25, 0.3) is 5.91 Å². The zero-order valence-corrected chi connectivity index (χ0v) is 18.3. The normalized spacial score (nSPS) is 13.2. The molecule has 0 aliphatic heterocycles. The molecule has 2 aromatic carbocycles. The molecule has 0 saturated carbocycles. The van der Waals surface area contributed by atoms with Crippen LogP contribution in [-0.2, 0) is 4.79 Å². The second kappa shape index (κ2) is 9.13. The Bertz CT molecular complexity index is 842. The minimum Gasteiger partial charge on any atom is -0.496 e. The molecule has 0 aromatic heterocycles. The molecule has 2 atom stereocenters. The molecule has 28 heavy (non-hydrogen) atoms. The molecule has 0 aliphatic rings. The number of amides is 1. The SMILES string of the molecule is COc1cc(C)c([C@H](C)NC(=O)[C@@H](C)Oc2cccc(C)c2C)cc1C(C)C. The van der Waals surface area contributed by atoms with Crippen LogP contribution in [0.5, 0.6) is 11.5 Å². The molecule has 4 heteroatoms. The van der Waals surface area contributed by atoms with E-state index in [0.29, 0.717) is 5.92 Å². The quantitative estimate of drug-likeness (QED) is 0.697. The van der Waals surface area contributed by atoms with Gasteiger partial charge >= 0.3 is 0 Å². The number of carbonyl (C=O) groups is 1. The first-order valence-corrected chi connectivity index (χ1v) is 9.87. The Morgan fingerprint density at radius 1 is 0.929 bits per heavy atom. The third kappa shape index (κ3) is 4.86. The molecular weight excluding hydrogens is 350 g/mol. The summed E-state index contributed by atoms with van der Waals surface area (Å²) >= 11 is 0. The van der Waals surface area contributed by atoms with Crippen molar-refractivity contribution in [3.63, 3.8) is 0 Å². The van der Waals surface area contributed by atoms with Gasteiger partial charge in [0, 0.05) is 0 Å². The Morgan fingerprint density at radius 2 is 1.61 bits per heavy atom. The lowest BCUT2D eigenvalue weighted by Crippen LogP contribution is -2.38. The van der Waals surface area contributed by atoms with Crippen molar-refractivity contribution in [1.29, 1.82) is 0 Å². The maximum atomic E-state index is 12.7. The van der Waals surface area contributed by atoms with Gasteiger partial charge in [0.15, 0.2) is 6.10 Å². The van der Waals surface area contributed by atoms with E-state index in [-0.39, 0.29) is 11.9 Å². The van der Waals surface area contributed by atoms with Crippen molar-refractivity contribution in [3.8, 4) is 11.5 Å². The molecule has 2 aromatic rings. The van der Waals surface area contributed by atoms with Crippen LogP contribution in [0, 0.1) is 20.8 Å². The van der Waals surface area contributed by atoms with E-state index in [9.17, 15) is 4.79 Å². The first kappa shape index (κ1) is 21.8. The lowest BCUT2D eigenvalue weighted by atomic mass is 9.93. The summed E-state index contributed by atoms with van der Waals surface area (Å²) in [6, 6.07) is 9.94. The monoisotopic (exact) mass is 383 g/mol. The molecule has 4 nitrogen and oxygen atoms in total. The van der Waals surface area contributed by atoms with Crippen LogP contribution < -0.4 is 14.8 Å². The Balaban J connectivity index is 2.15. The van der Waals surface area contributed by atoms with Gasteiger partial charge in [-0.2, -0.15) is 0 Å². The van der Waals surface area contributed by atoms with Gasteiger partial charge in [-0.15, -0.1) is 0 Å². The number of rotatable bonds is 7. The van der Waals surface area contributed by atoms with Crippen molar-refractivity contribution in [2.24, 2.45) is 0 Å². The average molecular weight is 384 g/mol. The molecule has 1 N–H and O–H groups in total. The number of nitrogens with one attached hydrogen (secondary N) is 1. The van der Waals surface area contributed by atoms with Gasteiger partial charge in [0.2, 0.25) is 0 Å². The van der Waals surface area contributed by atoms with Gasteiger partial charge in [-0.25, -0.2) is 0 Å². The van der Waals surface area contributed by atoms with E-state index < -0.39 is 6.10 Å². The van der Waals surface area contributed by atoms with Gasteiger partial charge in [-0.05, 0) is 86.6 Å². The highest BCUT2D eigenvalue weighted by atomic mass is 16.5. The van der Waals surface area contributed by atoms with Gasteiger partial charge < -0.3 is 14.8 Å². The fourth-order valence-corrected chi connectivity index (χ4v) is 3.31. The molecular formula is C24H33NO3. The molecule has 2 rings (SSSR count). The van der Waals surface area contributed by atoms with Crippen LogP contribution in [0.25, 0.3) is 0 Å². The van der Waals surface area contributed by atoms with Crippen LogP contribution in [0.4, 0.5) is 0 Å². The number of methoxy groups -OCH3 is 1. The molecule has 0 spiro atoms. The van der Waals surface area contributed by atoms with E-state index in [1.165, 1.54) is 0 Å². The standard InChI is InChI=1S/C24H33NO3/c1-14(2)20-13-21(16(4)12-23(20)27-8)18(6)25-24(26)19(7)28-22-11-9-10-15(3)17(22)5/h9-14,18-19H,1-8H3,(H,25,26)/t18-,19+/m0/s1. The number of ether oxygens (including phenoxy) is 2. The zero-order valence-electron chi connectivity index (χ0n) is 18.3. The first-order valence-electron chi connectivity index (χ1n) is 9.87. The summed E-state index contributed by atoms with van der Waals surface area (Å²) in [6.07, 6.45) is -0.578. The molecule has 0 heterocycles. The van der Waals surface area contributed by atoms with E-state index in [4.69, 9.17) is 9.47 Å². The number of hydrogen-bond acceptors (Lipinski definition) is 3. The lowest BCUT2D eigenvalue weighted by Gasteiger charge is -2.23. The summed E-state index contributed by atoms with van der Waals surface area (Å²) in [5.74, 6) is 1.85. The highest BCUT2D eigenvalue weighted by Gasteiger charge is 2.21. The van der Waals surface area contributed by atoms with Crippen LogP contribution in [0.15, 0.2) is 30.3 Å². The maximum Gasteiger partial charge on any atom is 0.261 e. The van der Waals surface area contributed by atoms with Gasteiger partial charge in [-0.1, -0.05) is 26.0 Å². The molecule has 0 radical (unpaired) electrons. The summed E-state index contributed by atoms with van der Waals surface area (Å²) in [6.45, 7) is 14.1. The predicted octanol–water partition coefficient (Wildman–Crippen LogP) is 5.39. The predicted molar refractivity (Wildman–Crippen MR) is 114 cm³/mol. The summed E-state index contributed by atoms with van der Waals surface area (Å²) in [7, 11) is 1.69. The molecule has 152 valence electrons. The van der Waals surface area contributed by atoms with Crippen molar-refractivity contribution < 1.29 is 14.3 Å². The van der Waals surface area contributed by atoms with Crippen molar-refractivity contribution in [1.82, 2.24) is 5.32 Å².